The standard InChI is InChI=1S/C35H38N4O4/c1-24-20-39(25(2)23-40)35(42)30-10-7-11-31(37-34(41)29-16-18-36-19-17-29)33(30)43-32(24)22-38(3)21-26-12-14-28(15-13-26)27-8-5-4-6-9-27/h4-19,24-25,32,40H,20-23H2,1-3H3,(H,37,41)/t24-,25+,32-/m1/s1. The second-order valence-electron chi connectivity index (χ2n) is 11.3. The molecule has 1 aliphatic rings. The van der Waals surface area contributed by atoms with E-state index < -0.39 is 0 Å². The first-order chi connectivity index (χ1) is 20.8. The molecular formula is C35H38N4O4. The largest absolute Gasteiger partial charge is 0.486 e. The Labute approximate surface area is 252 Å². The van der Waals surface area contributed by atoms with E-state index in [1.54, 1.807) is 47.6 Å². The van der Waals surface area contributed by atoms with E-state index in [0.717, 1.165) is 0 Å². The zero-order chi connectivity index (χ0) is 30.3. The van der Waals surface area contributed by atoms with Gasteiger partial charge in [-0.15, -0.1) is 0 Å². The minimum atomic E-state index is -0.377. The van der Waals surface area contributed by atoms with Crippen LogP contribution in [0.2, 0.25) is 0 Å². The summed E-state index contributed by atoms with van der Waals surface area (Å²) in [5, 5.41) is 12.9. The zero-order valence-corrected chi connectivity index (χ0v) is 24.8. The lowest BCUT2D eigenvalue weighted by molar-refractivity contribution is 0.0343. The predicted octanol–water partition coefficient (Wildman–Crippen LogP) is 5.35. The Morgan fingerprint density at radius 3 is 2.42 bits per heavy atom. The monoisotopic (exact) mass is 578 g/mol. The van der Waals surface area contributed by atoms with E-state index in [-0.39, 0.29) is 36.5 Å². The SMILES string of the molecule is C[C@@H]1CN([C@@H](C)CO)C(=O)c2cccc(NC(=O)c3ccncc3)c2O[C@@H]1CN(C)Cc1ccc(-c2ccccc2)cc1. The van der Waals surface area contributed by atoms with Crippen molar-refractivity contribution in [3.63, 3.8) is 0 Å². The second kappa shape index (κ2) is 13.6. The lowest BCUT2D eigenvalue weighted by Crippen LogP contribution is -2.49. The minimum absolute atomic E-state index is 0.0574. The summed E-state index contributed by atoms with van der Waals surface area (Å²) in [5.74, 6) is -0.288. The first-order valence-corrected chi connectivity index (χ1v) is 14.6. The van der Waals surface area contributed by atoms with Gasteiger partial charge in [0, 0.05) is 43.5 Å². The summed E-state index contributed by atoms with van der Waals surface area (Å²) in [6, 6.07) is 26.9. The van der Waals surface area contributed by atoms with E-state index in [4.69, 9.17) is 4.74 Å². The number of rotatable bonds is 9. The Kier molecular flexibility index (Phi) is 9.49. The van der Waals surface area contributed by atoms with E-state index >= 15 is 0 Å². The highest BCUT2D eigenvalue weighted by atomic mass is 16.5. The number of aliphatic hydroxyl groups excluding tert-OH is 1. The number of benzene rings is 3. The van der Waals surface area contributed by atoms with Crippen LogP contribution in [0, 0.1) is 5.92 Å². The molecule has 0 spiro atoms. The Bertz CT molecular complexity index is 1530. The van der Waals surface area contributed by atoms with Gasteiger partial charge in [-0.1, -0.05) is 67.6 Å². The van der Waals surface area contributed by atoms with Gasteiger partial charge >= 0.3 is 0 Å². The number of carbonyl (C=O) groups is 2. The minimum Gasteiger partial charge on any atom is -0.486 e. The highest BCUT2D eigenvalue weighted by Gasteiger charge is 2.34. The molecule has 0 saturated heterocycles. The van der Waals surface area contributed by atoms with E-state index in [0.29, 0.717) is 42.2 Å². The molecule has 0 fully saturated rings. The Morgan fingerprint density at radius 1 is 1.02 bits per heavy atom. The predicted molar refractivity (Wildman–Crippen MR) is 168 cm³/mol. The number of nitrogens with one attached hydrogen (secondary N) is 1. The van der Waals surface area contributed by atoms with Crippen molar-refractivity contribution in [2.45, 2.75) is 32.5 Å². The Balaban J connectivity index is 1.39. The molecule has 1 aromatic heterocycles. The van der Waals surface area contributed by atoms with Crippen molar-refractivity contribution in [2.75, 3.05) is 32.1 Å². The van der Waals surface area contributed by atoms with Crippen LogP contribution in [0.5, 0.6) is 5.75 Å². The van der Waals surface area contributed by atoms with Crippen molar-refractivity contribution < 1.29 is 19.4 Å². The first kappa shape index (κ1) is 29.9. The highest BCUT2D eigenvalue weighted by Crippen LogP contribution is 2.35. The fraction of sp³-hybridized carbons (Fsp3) is 0.286. The van der Waals surface area contributed by atoms with Crippen molar-refractivity contribution in [1.82, 2.24) is 14.8 Å². The average Bonchev–Trinajstić information content (AvgIpc) is 3.03. The summed E-state index contributed by atoms with van der Waals surface area (Å²) in [5.41, 5.74) is 4.75. The lowest BCUT2D eigenvalue weighted by atomic mass is 9.98. The van der Waals surface area contributed by atoms with Gasteiger partial charge in [-0.05, 0) is 54.9 Å². The number of para-hydroxylation sites is 1. The summed E-state index contributed by atoms with van der Waals surface area (Å²) >= 11 is 0. The van der Waals surface area contributed by atoms with Crippen LogP contribution >= 0.6 is 0 Å². The average molecular weight is 579 g/mol. The molecule has 3 atom stereocenters. The molecule has 5 rings (SSSR count). The normalized spacial score (nSPS) is 17.4. The summed E-state index contributed by atoms with van der Waals surface area (Å²) in [7, 11) is 2.05. The van der Waals surface area contributed by atoms with Crippen molar-refractivity contribution >= 4 is 17.5 Å². The number of carbonyl (C=O) groups excluding carboxylic acids is 2. The number of anilines is 1. The molecule has 8 heteroatoms. The number of hydrogen-bond donors (Lipinski definition) is 2. The molecule has 1 aliphatic heterocycles. The molecule has 0 saturated carbocycles. The Morgan fingerprint density at radius 2 is 1.72 bits per heavy atom. The third kappa shape index (κ3) is 7.10. The molecule has 4 aromatic rings. The van der Waals surface area contributed by atoms with Crippen LogP contribution in [-0.4, -0.2) is 70.6 Å². The quantitative estimate of drug-likeness (QED) is 0.278. The van der Waals surface area contributed by atoms with Crippen molar-refractivity contribution in [3.8, 4) is 16.9 Å². The number of fused-ring (bicyclic) bond motifs is 1. The fourth-order valence-corrected chi connectivity index (χ4v) is 5.37. The third-order valence-corrected chi connectivity index (χ3v) is 7.89. The summed E-state index contributed by atoms with van der Waals surface area (Å²) in [6.45, 7) is 5.46. The van der Waals surface area contributed by atoms with Gasteiger partial charge in [-0.3, -0.25) is 19.5 Å². The molecule has 0 bridgehead atoms. The van der Waals surface area contributed by atoms with E-state index in [9.17, 15) is 14.7 Å². The molecule has 2 amide bonds. The van der Waals surface area contributed by atoms with Gasteiger partial charge in [-0.25, -0.2) is 0 Å². The highest BCUT2D eigenvalue weighted by molar-refractivity contribution is 6.07. The number of aromatic nitrogens is 1. The van der Waals surface area contributed by atoms with Gasteiger partial charge in [0.05, 0.1) is 23.9 Å². The number of ether oxygens (including phenoxy) is 1. The van der Waals surface area contributed by atoms with Gasteiger partial charge in [0.2, 0.25) is 0 Å². The molecule has 2 N–H and O–H groups in total. The van der Waals surface area contributed by atoms with Crippen LogP contribution in [0.1, 0.15) is 40.1 Å². The van der Waals surface area contributed by atoms with E-state index in [2.05, 4.69) is 65.6 Å². The van der Waals surface area contributed by atoms with Crippen LogP contribution in [0.25, 0.3) is 11.1 Å². The second-order valence-corrected chi connectivity index (χ2v) is 11.3. The smallest absolute Gasteiger partial charge is 0.258 e. The number of hydrogen-bond acceptors (Lipinski definition) is 6. The lowest BCUT2D eigenvalue weighted by Gasteiger charge is -2.38. The molecule has 0 aliphatic carbocycles. The van der Waals surface area contributed by atoms with E-state index in [1.165, 1.54) is 16.7 Å². The number of nitrogens with zero attached hydrogens (tertiary/aromatic N) is 3. The van der Waals surface area contributed by atoms with Crippen LogP contribution in [0.4, 0.5) is 5.69 Å². The molecule has 8 nitrogen and oxygen atoms in total. The molecule has 3 aromatic carbocycles. The van der Waals surface area contributed by atoms with E-state index in [1.807, 2.05) is 25.1 Å². The van der Waals surface area contributed by atoms with Crippen molar-refractivity contribution in [1.29, 1.82) is 0 Å². The summed E-state index contributed by atoms with van der Waals surface area (Å²) in [4.78, 5) is 34.7. The van der Waals surface area contributed by atoms with Gasteiger partial charge in [-0.2, -0.15) is 0 Å². The van der Waals surface area contributed by atoms with Crippen LogP contribution in [0.15, 0.2) is 97.3 Å². The fourth-order valence-electron chi connectivity index (χ4n) is 5.37. The van der Waals surface area contributed by atoms with Crippen molar-refractivity contribution in [2.24, 2.45) is 5.92 Å². The maximum atomic E-state index is 13.7. The zero-order valence-electron chi connectivity index (χ0n) is 24.8. The summed E-state index contributed by atoms with van der Waals surface area (Å²) in [6.07, 6.45) is 2.82. The first-order valence-electron chi connectivity index (χ1n) is 14.6. The van der Waals surface area contributed by atoms with Crippen LogP contribution in [-0.2, 0) is 6.54 Å². The van der Waals surface area contributed by atoms with Gasteiger partial charge in [0.15, 0.2) is 5.75 Å². The number of amides is 2. The molecule has 0 unspecified atom stereocenters. The van der Waals surface area contributed by atoms with Crippen LogP contribution < -0.4 is 10.1 Å². The molecular weight excluding hydrogens is 540 g/mol. The van der Waals surface area contributed by atoms with Gasteiger partial charge in [0.1, 0.15) is 6.10 Å². The summed E-state index contributed by atoms with van der Waals surface area (Å²) < 4.78 is 6.66. The number of aliphatic hydroxyl groups is 1. The molecule has 222 valence electrons. The molecule has 0 radical (unpaired) electrons. The maximum absolute atomic E-state index is 13.7. The maximum Gasteiger partial charge on any atom is 0.258 e. The van der Waals surface area contributed by atoms with Crippen LogP contribution in [0.3, 0.4) is 0 Å². The van der Waals surface area contributed by atoms with Crippen molar-refractivity contribution in [3.05, 3.63) is 114 Å². The topological polar surface area (TPSA) is 95.0 Å². The third-order valence-electron chi connectivity index (χ3n) is 7.89. The Hall–Kier alpha value is -4.53. The number of likely N-dealkylation sites (N-methyl/N-ethyl adjacent to an activating group) is 1. The molecule has 43 heavy (non-hydrogen) atoms. The van der Waals surface area contributed by atoms with Gasteiger partial charge < -0.3 is 20.1 Å². The molecule has 2 heterocycles. The number of pyridine rings is 1. The van der Waals surface area contributed by atoms with Gasteiger partial charge in [0.25, 0.3) is 11.8 Å².